The van der Waals surface area contributed by atoms with Crippen LogP contribution in [0.25, 0.3) is 0 Å². The van der Waals surface area contributed by atoms with Crippen molar-refractivity contribution in [2.45, 2.75) is 6.04 Å². The molecule has 0 N–H and O–H groups in total. The predicted octanol–water partition coefficient (Wildman–Crippen LogP) is 0.0527. The van der Waals surface area contributed by atoms with Gasteiger partial charge in [-0.1, -0.05) is 0 Å². The van der Waals surface area contributed by atoms with Gasteiger partial charge < -0.3 is 19.1 Å². The van der Waals surface area contributed by atoms with Gasteiger partial charge in [0.2, 0.25) is 0 Å². The molecule has 0 bridgehead atoms. The summed E-state index contributed by atoms with van der Waals surface area (Å²) in [6.07, 6.45) is 0. The molecule has 2 atom stereocenters. The lowest BCUT2D eigenvalue weighted by Gasteiger charge is -2.35. The molecular formula is C13H19NO6S. The van der Waals surface area contributed by atoms with Crippen LogP contribution in [0.1, 0.15) is 0 Å². The van der Waals surface area contributed by atoms with Crippen molar-refractivity contribution >= 4 is 29.7 Å². The Morgan fingerprint density at radius 1 is 1.05 bits per heavy atom. The highest BCUT2D eigenvalue weighted by atomic mass is 32.2. The SMILES string of the molecule is COC(=O)C1=C(C(=O)OC)[C@@H](N(C)C)[C@@H](C(=O)OC)CS1. The number of ether oxygens (including phenoxy) is 3. The minimum atomic E-state index is -0.657. The summed E-state index contributed by atoms with van der Waals surface area (Å²) in [4.78, 5) is 37.7. The molecule has 8 heteroatoms. The summed E-state index contributed by atoms with van der Waals surface area (Å²) in [5.74, 6) is -1.96. The molecule has 1 rings (SSSR count). The minimum absolute atomic E-state index is 0.126. The fourth-order valence-electron chi connectivity index (χ4n) is 2.23. The number of esters is 3. The van der Waals surface area contributed by atoms with Crippen molar-refractivity contribution in [3.8, 4) is 0 Å². The lowest BCUT2D eigenvalue weighted by molar-refractivity contribution is -0.147. The quantitative estimate of drug-likeness (QED) is 0.531. The van der Waals surface area contributed by atoms with E-state index in [4.69, 9.17) is 14.2 Å². The molecule has 118 valence electrons. The molecule has 0 aromatic carbocycles. The van der Waals surface area contributed by atoms with Gasteiger partial charge in [0.25, 0.3) is 0 Å². The van der Waals surface area contributed by atoms with E-state index in [0.29, 0.717) is 5.75 Å². The van der Waals surface area contributed by atoms with Gasteiger partial charge in [-0.2, -0.15) is 0 Å². The van der Waals surface area contributed by atoms with Gasteiger partial charge in [0.1, 0.15) is 4.91 Å². The molecule has 0 unspecified atom stereocenters. The van der Waals surface area contributed by atoms with Crippen LogP contribution in [0.5, 0.6) is 0 Å². The lowest BCUT2D eigenvalue weighted by Crippen LogP contribution is -2.47. The van der Waals surface area contributed by atoms with Crippen molar-refractivity contribution in [1.82, 2.24) is 4.90 Å². The Kier molecular flexibility index (Phi) is 6.22. The van der Waals surface area contributed by atoms with Crippen LogP contribution in [0.15, 0.2) is 10.5 Å². The maximum atomic E-state index is 12.1. The van der Waals surface area contributed by atoms with E-state index in [-0.39, 0.29) is 10.5 Å². The summed E-state index contributed by atoms with van der Waals surface area (Å²) >= 11 is 1.10. The molecule has 0 aromatic heterocycles. The summed E-state index contributed by atoms with van der Waals surface area (Å²) in [7, 11) is 7.19. The van der Waals surface area contributed by atoms with Crippen molar-refractivity contribution in [2.75, 3.05) is 41.2 Å². The van der Waals surface area contributed by atoms with Crippen LogP contribution in [0.3, 0.4) is 0 Å². The van der Waals surface area contributed by atoms with Crippen LogP contribution in [0, 0.1) is 5.92 Å². The molecule has 21 heavy (non-hydrogen) atoms. The van der Waals surface area contributed by atoms with Crippen molar-refractivity contribution in [2.24, 2.45) is 5.92 Å². The normalized spacial score (nSPS) is 22.0. The van der Waals surface area contributed by atoms with Gasteiger partial charge in [0, 0.05) is 5.75 Å². The Morgan fingerprint density at radius 2 is 1.62 bits per heavy atom. The molecule has 0 saturated heterocycles. The Morgan fingerprint density at radius 3 is 2.05 bits per heavy atom. The third-order valence-corrected chi connectivity index (χ3v) is 4.37. The highest BCUT2D eigenvalue weighted by Gasteiger charge is 2.44. The second-order valence-electron chi connectivity index (χ2n) is 4.58. The third kappa shape index (κ3) is 3.56. The largest absolute Gasteiger partial charge is 0.469 e. The van der Waals surface area contributed by atoms with Gasteiger partial charge >= 0.3 is 17.9 Å². The maximum Gasteiger partial charge on any atom is 0.344 e. The zero-order valence-electron chi connectivity index (χ0n) is 12.7. The fraction of sp³-hybridized carbons (Fsp3) is 0.615. The van der Waals surface area contributed by atoms with Crippen LogP contribution in [-0.4, -0.2) is 70.0 Å². The number of carbonyl (C=O) groups is 3. The van der Waals surface area contributed by atoms with E-state index in [0.717, 1.165) is 11.8 Å². The van der Waals surface area contributed by atoms with Crippen LogP contribution >= 0.6 is 11.8 Å². The van der Waals surface area contributed by atoms with Gasteiger partial charge in [-0.3, -0.25) is 4.79 Å². The average molecular weight is 317 g/mol. The highest BCUT2D eigenvalue weighted by Crippen LogP contribution is 2.37. The lowest BCUT2D eigenvalue weighted by atomic mass is 9.92. The van der Waals surface area contributed by atoms with Crippen LogP contribution in [-0.2, 0) is 28.6 Å². The number of methoxy groups -OCH3 is 3. The zero-order chi connectivity index (χ0) is 16.2. The number of hydrogen-bond acceptors (Lipinski definition) is 8. The van der Waals surface area contributed by atoms with Gasteiger partial charge in [-0.05, 0) is 14.1 Å². The molecule has 7 nitrogen and oxygen atoms in total. The molecule has 1 heterocycles. The molecule has 1 aliphatic heterocycles. The Labute approximate surface area is 127 Å². The fourth-order valence-corrected chi connectivity index (χ4v) is 3.45. The van der Waals surface area contributed by atoms with Gasteiger partial charge in [0.15, 0.2) is 0 Å². The van der Waals surface area contributed by atoms with Gasteiger partial charge in [-0.25, -0.2) is 9.59 Å². The number of carbonyl (C=O) groups excluding carboxylic acids is 3. The molecule has 0 saturated carbocycles. The Balaban J connectivity index is 3.40. The maximum absolute atomic E-state index is 12.1. The molecule has 0 amide bonds. The van der Waals surface area contributed by atoms with Gasteiger partial charge in [0.05, 0.1) is 38.9 Å². The molecule has 0 spiro atoms. The zero-order valence-corrected chi connectivity index (χ0v) is 13.5. The summed E-state index contributed by atoms with van der Waals surface area (Å²) in [5.41, 5.74) is 0.126. The van der Waals surface area contributed by atoms with Crippen LogP contribution in [0.2, 0.25) is 0 Å². The molecule has 0 radical (unpaired) electrons. The van der Waals surface area contributed by atoms with Crippen LogP contribution < -0.4 is 0 Å². The van der Waals surface area contributed by atoms with Crippen molar-refractivity contribution in [1.29, 1.82) is 0 Å². The summed E-state index contributed by atoms with van der Waals surface area (Å²) in [5, 5.41) is 0. The van der Waals surface area contributed by atoms with E-state index in [1.54, 1.807) is 19.0 Å². The second kappa shape index (κ2) is 7.46. The monoisotopic (exact) mass is 317 g/mol. The van der Waals surface area contributed by atoms with E-state index < -0.39 is 29.9 Å². The number of rotatable bonds is 4. The average Bonchev–Trinajstić information content (AvgIpc) is 2.50. The number of thioether (sulfide) groups is 1. The van der Waals surface area contributed by atoms with Gasteiger partial charge in [-0.15, -0.1) is 11.8 Å². The van der Waals surface area contributed by atoms with E-state index >= 15 is 0 Å². The summed E-state index contributed by atoms with van der Waals surface area (Å²) < 4.78 is 14.2. The summed E-state index contributed by atoms with van der Waals surface area (Å²) in [6, 6.07) is -0.611. The van der Waals surface area contributed by atoms with Crippen molar-refractivity contribution < 1.29 is 28.6 Å². The van der Waals surface area contributed by atoms with E-state index in [1.165, 1.54) is 21.3 Å². The molecule has 1 aliphatic rings. The molecule has 0 aliphatic carbocycles. The van der Waals surface area contributed by atoms with E-state index in [9.17, 15) is 14.4 Å². The van der Waals surface area contributed by atoms with Crippen molar-refractivity contribution in [3.05, 3.63) is 10.5 Å². The smallest absolute Gasteiger partial charge is 0.344 e. The Bertz CT molecular complexity index is 473. The first-order chi connectivity index (χ1) is 9.88. The first-order valence-corrected chi connectivity index (χ1v) is 7.15. The molecule has 0 fully saturated rings. The summed E-state index contributed by atoms with van der Waals surface area (Å²) in [6.45, 7) is 0. The molecular weight excluding hydrogens is 298 g/mol. The molecule has 0 aromatic rings. The number of hydrogen-bond donors (Lipinski definition) is 0. The minimum Gasteiger partial charge on any atom is -0.469 e. The van der Waals surface area contributed by atoms with E-state index in [1.807, 2.05) is 0 Å². The third-order valence-electron chi connectivity index (χ3n) is 3.17. The number of likely N-dealkylation sites (N-methyl/N-ethyl adjacent to an activating group) is 1. The number of nitrogens with zero attached hydrogens (tertiary/aromatic N) is 1. The first-order valence-electron chi connectivity index (χ1n) is 6.16. The van der Waals surface area contributed by atoms with Crippen molar-refractivity contribution in [3.63, 3.8) is 0 Å². The topological polar surface area (TPSA) is 82.1 Å². The predicted molar refractivity (Wildman–Crippen MR) is 76.5 cm³/mol. The second-order valence-corrected chi connectivity index (χ2v) is 5.61. The van der Waals surface area contributed by atoms with E-state index in [2.05, 4.69) is 0 Å². The highest BCUT2D eigenvalue weighted by molar-refractivity contribution is 8.04. The standard InChI is InChI=1S/C13H19NO6S/c1-14(2)9-7(11(15)18-3)6-21-10(13(17)20-5)8(9)12(16)19-4/h7,9H,6H2,1-5H3/t7-,9-/m0/s1. The first kappa shape index (κ1) is 17.5. The Hall–Kier alpha value is -1.54. The van der Waals surface area contributed by atoms with Crippen LogP contribution in [0.4, 0.5) is 0 Å².